The Morgan fingerprint density at radius 1 is 1.14 bits per heavy atom. The number of rotatable bonds is 8. The van der Waals surface area contributed by atoms with Crippen LogP contribution in [-0.4, -0.2) is 49.3 Å². The summed E-state index contributed by atoms with van der Waals surface area (Å²) in [4.78, 5) is 18.6. The monoisotopic (exact) mass is 478 g/mol. The number of hydrogen-bond donors (Lipinski definition) is 1. The maximum atomic E-state index is 13.2. The molecule has 1 N–H and O–H groups in total. The topological polar surface area (TPSA) is 88.9 Å². The van der Waals surface area contributed by atoms with Crippen LogP contribution in [0.5, 0.6) is 0 Å². The van der Waals surface area contributed by atoms with Crippen molar-refractivity contribution in [3.8, 4) is 0 Å². The van der Waals surface area contributed by atoms with Crippen LogP contribution in [0.4, 0.5) is 0 Å². The van der Waals surface area contributed by atoms with Crippen molar-refractivity contribution >= 4 is 10.9 Å². The van der Waals surface area contributed by atoms with Gasteiger partial charge in [-0.1, -0.05) is 45.2 Å². The van der Waals surface area contributed by atoms with E-state index in [9.17, 15) is 4.79 Å². The van der Waals surface area contributed by atoms with Crippen molar-refractivity contribution < 1.29 is 4.74 Å². The second-order valence-corrected chi connectivity index (χ2v) is 10.7. The van der Waals surface area contributed by atoms with Gasteiger partial charge >= 0.3 is 0 Å². The highest BCUT2D eigenvalue weighted by Gasteiger charge is 2.34. The highest BCUT2D eigenvalue weighted by Crippen LogP contribution is 2.34. The van der Waals surface area contributed by atoms with Crippen LogP contribution in [0.2, 0.25) is 0 Å². The van der Waals surface area contributed by atoms with E-state index >= 15 is 0 Å². The van der Waals surface area contributed by atoms with Crippen molar-refractivity contribution in [2.75, 3.05) is 13.2 Å². The third-order valence-electron chi connectivity index (χ3n) is 7.64. The SMILES string of the molecule is Cc1ccc2cc(CN(C[C@H]3CCCO3)[C@H](c3nnnn3C3CCCCC3)C(C)C)c(=O)[nH]c2c1. The molecule has 5 rings (SSSR count). The lowest BCUT2D eigenvalue weighted by Crippen LogP contribution is -2.40. The Bertz CT molecular complexity index is 1190. The van der Waals surface area contributed by atoms with E-state index in [1.807, 2.05) is 19.1 Å². The Morgan fingerprint density at radius 2 is 1.97 bits per heavy atom. The molecule has 3 heterocycles. The van der Waals surface area contributed by atoms with Gasteiger partial charge in [0, 0.05) is 30.8 Å². The Kier molecular flexibility index (Phi) is 7.29. The van der Waals surface area contributed by atoms with Gasteiger partial charge in [0.2, 0.25) is 0 Å². The molecule has 35 heavy (non-hydrogen) atoms. The Balaban J connectivity index is 1.51. The molecular formula is C27H38N6O2. The standard InChI is InChI=1S/C27H38N6O2/c1-18(2)25(26-29-30-31-33(26)22-8-5-4-6-9-22)32(17-23-10-7-13-35-23)16-21-15-20-12-11-19(3)14-24(20)28-27(21)34/h11-12,14-15,18,22-23,25H,4-10,13,16-17H2,1-3H3,(H,28,34)/t23-,25+/m1/s1. The Hall–Kier alpha value is -2.58. The number of aromatic nitrogens is 5. The predicted molar refractivity (Wildman–Crippen MR) is 136 cm³/mol. The number of fused-ring (bicyclic) bond motifs is 1. The number of tetrazole rings is 1. The molecule has 2 aliphatic rings. The first-order valence-corrected chi connectivity index (χ1v) is 13.3. The minimum atomic E-state index is -0.0326. The maximum Gasteiger partial charge on any atom is 0.252 e. The van der Waals surface area contributed by atoms with Gasteiger partial charge in [0.25, 0.3) is 5.56 Å². The molecule has 1 aromatic carbocycles. The van der Waals surface area contributed by atoms with Crippen LogP contribution >= 0.6 is 0 Å². The van der Waals surface area contributed by atoms with Crippen LogP contribution in [0, 0.1) is 12.8 Å². The minimum Gasteiger partial charge on any atom is -0.377 e. The summed E-state index contributed by atoms with van der Waals surface area (Å²) in [5, 5.41) is 14.2. The Morgan fingerprint density at radius 3 is 2.71 bits per heavy atom. The number of hydrogen-bond acceptors (Lipinski definition) is 6. The summed E-state index contributed by atoms with van der Waals surface area (Å²) >= 11 is 0. The summed E-state index contributed by atoms with van der Waals surface area (Å²) in [6, 6.07) is 8.58. The lowest BCUT2D eigenvalue weighted by atomic mass is 9.94. The van der Waals surface area contributed by atoms with Gasteiger partial charge in [-0.15, -0.1) is 5.10 Å². The number of nitrogens with zero attached hydrogens (tertiary/aromatic N) is 5. The van der Waals surface area contributed by atoms with Crippen LogP contribution in [0.15, 0.2) is 29.1 Å². The fourth-order valence-electron chi connectivity index (χ4n) is 5.89. The van der Waals surface area contributed by atoms with Crippen molar-refractivity contribution in [2.45, 2.75) is 90.4 Å². The van der Waals surface area contributed by atoms with Crippen molar-refractivity contribution in [3.63, 3.8) is 0 Å². The van der Waals surface area contributed by atoms with E-state index in [2.05, 4.69) is 56.1 Å². The number of aromatic amines is 1. The van der Waals surface area contributed by atoms with E-state index in [1.165, 1.54) is 19.3 Å². The molecule has 0 amide bonds. The van der Waals surface area contributed by atoms with Gasteiger partial charge in [-0.3, -0.25) is 9.69 Å². The number of benzene rings is 1. The summed E-state index contributed by atoms with van der Waals surface area (Å²) in [5.74, 6) is 1.18. The molecule has 188 valence electrons. The van der Waals surface area contributed by atoms with Crippen LogP contribution in [0.1, 0.15) is 87.8 Å². The van der Waals surface area contributed by atoms with Gasteiger partial charge in [-0.25, -0.2) is 4.68 Å². The zero-order chi connectivity index (χ0) is 24.4. The number of ether oxygens (including phenoxy) is 1. The van der Waals surface area contributed by atoms with E-state index < -0.39 is 0 Å². The lowest BCUT2D eigenvalue weighted by molar-refractivity contribution is 0.0375. The number of nitrogens with one attached hydrogen (secondary N) is 1. The molecule has 1 aliphatic heterocycles. The van der Waals surface area contributed by atoms with E-state index in [0.29, 0.717) is 12.6 Å². The summed E-state index contributed by atoms with van der Waals surface area (Å²) in [6.07, 6.45) is 8.28. The fourth-order valence-corrected chi connectivity index (χ4v) is 5.89. The van der Waals surface area contributed by atoms with E-state index in [4.69, 9.17) is 4.74 Å². The molecule has 0 spiro atoms. The van der Waals surface area contributed by atoms with Crippen molar-refractivity contribution in [2.24, 2.45) is 5.92 Å². The molecule has 2 aromatic heterocycles. The van der Waals surface area contributed by atoms with E-state index in [0.717, 1.165) is 66.7 Å². The number of pyridine rings is 1. The van der Waals surface area contributed by atoms with Crippen molar-refractivity contribution in [1.29, 1.82) is 0 Å². The second kappa shape index (κ2) is 10.6. The normalized spacial score (nSPS) is 20.3. The van der Waals surface area contributed by atoms with Crippen molar-refractivity contribution in [3.05, 3.63) is 51.6 Å². The predicted octanol–water partition coefficient (Wildman–Crippen LogP) is 4.71. The van der Waals surface area contributed by atoms with Gasteiger partial charge in [0.1, 0.15) is 0 Å². The summed E-state index contributed by atoms with van der Waals surface area (Å²) in [7, 11) is 0. The first-order chi connectivity index (χ1) is 17.0. The van der Waals surface area contributed by atoms with Crippen LogP contribution in [0.3, 0.4) is 0 Å². The highest BCUT2D eigenvalue weighted by atomic mass is 16.5. The molecule has 2 fully saturated rings. The molecule has 1 saturated heterocycles. The van der Waals surface area contributed by atoms with Gasteiger partial charge in [-0.2, -0.15) is 0 Å². The molecule has 0 bridgehead atoms. The Labute approximate surface area is 207 Å². The average molecular weight is 479 g/mol. The van der Waals surface area contributed by atoms with Gasteiger partial charge in [0.05, 0.1) is 18.2 Å². The first kappa shape index (κ1) is 24.1. The lowest BCUT2D eigenvalue weighted by Gasteiger charge is -2.36. The zero-order valence-electron chi connectivity index (χ0n) is 21.2. The van der Waals surface area contributed by atoms with Gasteiger partial charge in [-0.05, 0) is 72.0 Å². The molecule has 0 unspecified atom stereocenters. The minimum absolute atomic E-state index is 0.00996. The van der Waals surface area contributed by atoms with Gasteiger partial charge < -0.3 is 9.72 Å². The van der Waals surface area contributed by atoms with Crippen LogP contribution in [-0.2, 0) is 11.3 Å². The number of aryl methyl sites for hydroxylation is 1. The van der Waals surface area contributed by atoms with Crippen LogP contribution in [0.25, 0.3) is 10.9 Å². The smallest absolute Gasteiger partial charge is 0.252 e. The first-order valence-electron chi connectivity index (χ1n) is 13.3. The molecule has 0 radical (unpaired) electrons. The molecular weight excluding hydrogens is 440 g/mol. The highest BCUT2D eigenvalue weighted by molar-refractivity contribution is 5.79. The summed E-state index contributed by atoms with van der Waals surface area (Å²) in [6.45, 7) is 8.57. The molecule has 8 heteroatoms. The molecule has 3 aromatic rings. The van der Waals surface area contributed by atoms with Gasteiger partial charge in [0.15, 0.2) is 5.82 Å². The molecule has 8 nitrogen and oxygen atoms in total. The molecule has 1 saturated carbocycles. The average Bonchev–Trinajstić information content (AvgIpc) is 3.53. The van der Waals surface area contributed by atoms with Crippen LogP contribution < -0.4 is 5.56 Å². The van der Waals surface area contributed by atoms with Crippen molar-refractivity contribution in [1.82, 2.24) is 30.1 Å². The second-order valence-electron chi connectivity index (χ2n) is 10.7. The van der Waals surface area contributed by atoms with E-state index in [1.54, 1.807) is 0 Å². The quantitative estimate of drug-likeness (QED) is 0.505. The third-order valence-corrected chi connectivity index (χ3v) is 7.64. The zero-order valence-corrected chi connectivity index (χ0v) is 21.2. The summed E-state index contributed by atoms with van der Waals surface area (Å²) < 4.78 is 8.13. The number of H-pyrrole nitrogens is 1. The maximum absolute atomic E-state index is 13.2. The molecule has 1 aliphatic carbocycles. The molecule has 2 atom stereocenters. The fraction of sp³-hybridized carbons (Fsp3) is 0.630. The largest absolute Gasteiger partial charge is 0.377 e. The van der Waals surface area contributed by atoms with E-state index in [-0.39, 0.29) is 23.6 Å². The third kappa shape index (κ3) is 5.33. The summed E-state index contributed by atoms with van der Waals surface area (Å²) in [5.41, 5.74) is 2.75.